The van der Waals surface area contributed by atoms with Gasteiger partial charge in [0, 0.05) is 6.61 Å². The molecule has 1 fully saturated rings. The molecule has 0 radical (unpaired) electrons. The topological polar surface area (TPSA) is 29.5 Å². The maximum atomic E-state index is 9.31. The van der Waals surface area contributed by atoms with Gasteiger partial charge in [-0.3, -0.25) is 0 Å². The number of unbranched alkanes of at least 4 members (excludes halogenated alkanes) is 2. The van der Waals surface area contributed by atoms with E-state index in [0.29, 0.717) is 5.92 Å². The summed E-state index contributed by atoms with van der Waals surface area (Å²) in [6.07, 6.45) is 10.2. The Morgan fingerprint density at radius 1 is 1.20 bits per heavy atom. The van der Waals surface area contributed by atoms with Crippen molar-refractivity contribution < 1.29 is 9.84 Å². The van der Waals surface area contributed by atoms with E-state index in [9.17, 15) is 5.11 Å². The maximum Gasteiger partial charge on any atom is 0.0833 e. The molecule has 0 aromatic rings. The molecule has 0 bridgehead atoms. The number of ether oxygens (including phenoxy) is 1. The first kappa shape index (κ1) is 13.0. The number of aliphatic hydroxyl groups excluding tert-OH is 1. The van der Waals surface area contributed by atoms with Gasteiger partial charge in [-0.25, -0.2) is 0 Å². The molecule has 0 aromatic carbocycles. The Morgan fingerprint density at radius 2 is 1.93 bits per heavy atom. The molecule has 1 aliphatic carbocycles. The molecule has 0 amide bonds. The van der Waals surface area contributed by atoms with Crippen molar-refractivity contribution in [2.24, 2.45) is 5.92 Å². The van der Waals surface area contributed by atoms with Crippen LogP contribution >= 0.6 is 0 Å². The molecule has 1 saturated carbocycles. The molecule has 1 N–H and O–H groups in total. The Morgan fingerprint density at radius 3 is 2.53 bits per heavy atom. The molecule has 2 heteroatoms. The summed E-state index contributed by atoms with van der Waals surface area (Å²) in [6.45, 7) is 3.23. The highest BCUT2D eigenvalue weighted by atomic mass is 16.5. The largest absolute Gasteiger partial charge is 0.394 e. The predicted molar refractivity (Wildman–Crippen MR) is 62.9 cm³/mol. The Balaban J connectivity index is 2.15. The Bertz CT molecular complexity index is 141. The van der Waals surface area contributed by atoms with Crippen LogP contribution in [-0.2, 0) is 4.74 Å². The molecule has 0 heterocycles. The van der Waals surface area contributed by atoms with Crippen LogP contribution in [-0.4, -0.2) is 24.4 Å². The van der Waals surface area contributed by atoms with Crippen LogP contribution in [0.15, 0.2) is 0 Å². The molecule has 0 saturated heterocycles. The van der Waals surface area contributed by atoms with E-state index in [0.717, 1.165) is 13.0 Å². The standard InChI is InChI=1S/C13H26O2/c1-2-3-7-10-15-13(11-14)12-8-5-4-6-9-12/h12-14H,2-11H2,1H3. The van der Waals surface area contributed by atoms with Crippen molar-refractivity contribution in [3.05, 3.63) is 0 Å². The quantitative estimate of drug-likeness (QED) is 0.660. The monoisotopic (exact) mass is 214 g/mol. The maximum absolute atomic E-state index is 9.31. The van der Waals surface area contributed by atoms with Crippen molar-refractivity contribution in [1.82, 2.24) is 0 Å². The average molecular weight is 214 g/mol. The molecular weight excluding hydrogens is 188 g/mol. The summed E-state index contributed by atoms with van der Waals surface area (Å²) in [7, 11) is 0. The Hall–Kier alpha value is -0.0800. The normalized spacial score (nSPS) is 20.4. The van der Waals surface area contributed by atoms with Crippen molar-refractivity contribution in [2.45, 2.75) is 64.4 Å². The Labute approximate surface area is 94.0 Å². The lowest BCUT2D eigenvalue weighted by molar-refractivity contribution is -0.0337. The van der Waals surface area contributed by atoms with Gasteiger partial charge in [0.15, 0.2) is 0 Å². The molecule has 90 valence electrons. The van der Waals surface area contributed by atoms with Crippen molar-refractivity contribution in [3.63, 3.8) is 0 Å². The molecule has 0 spiro atoms. The molecule has 15 heavy (non-hydrogen) atoms. The van der Waals surface area contributed by atoms with Crippen molar-refractivity contribution in [1.29, 1.82) is 0 Å². The fourth-order valence-corrected chi connectivity index (χ4v) is 2.43. The van der Waals surface area contributed by atoms with Crippen molar-refractivity contribution in [2.75, 3.05) is 13.2 Å². The second-order valence-electron chi connectivity index (χ2n) is 4.70. The smallest absolute Gasteiger partial charge is 0.0833 e. The van der Waals surface area contributed by atoms with Crippen LogP contribution < -0.4 is 0 Å². The summed E-state index contributed by atoms with van der Waals surface area (Å²) in [6, 6.07) is 0. The highest BCUT2D eigenvalue weighted by Crippen LogP contribution is 2.27. The van der Waals surface area contributed by atoms with E-state index in [2.05, 4.69) is 6.92 Å². The van der Waals surface area contributed by atoms with Gasteiger partial charge < -0.3 is 9.84 Å². The van der Waals surface area contributed by atoms with E-state index in [-0.39, 0.29) is 12.7 Å². The first-order valence-corrected chi connectivity index (χ1v) is 6.61. The number of hydrogen-bond donors (Lipinski definition) is 1. The molecule has 0 aromatic heterocycles. The summed E-state index contributed by atoms with van der Waals surface area (Å²) in [4.78, 5) is 0. The van der Waals surface area contributed by atoms with Crippen LogP contribution in [0, 0.1) is 5.92 Å². The third-order valence-electron chi connectivity index (χ3n) is 3.44. The third-order valence-corrected chi connectivity index (χ3v) is 3.44. The van der Waals surface area contributed by atoms with Gasteiger partial charge in [0.05, 0.1) is 12.7 Å². The summed E-state index contributed by atoms with van der Waals surface area (Å²) >= 11 is 0. The first-order valence-electron chi connectivity index (χ1n) is 6.61. The SMILES string of the molecule is CCCCCOC(CO)C1CCCCC1. The predicted octanol–water partition coefficient (Wildman–Crippen LogP) is 3.13. The average Bonchev–Trinajstić information content (AvgIpc) is 2.30. The molecular formula is C13H26O2. The second-order valence-corrected chi connectivity index (χ2v) is 4.70. The highest BCUT2D eigenvalue weighted by Gasteiger charge is 2.23. The number of rotatable bonds is 7. The minimum Gasteiger partial charge on any atom is -0.394 e. The summed E-state index contributed by atoms with van der Waals surface area (Å²) in [5.41, 5.74) is 0. The summed E-state index contributed by atoms with van der Waals surface area (Å²) < 4.78 is 5.78. The van der Waals surface area contributed by atoms with Gasteiger partial charge in [0.1, 0.15) is 0 Å². The molecule has 1 aliphatic rings. The van der Waals surface area contributed by atoms with Crippen LogP contribution in [0.4, 0.5) is 0 Å². The molecule has 1 atom stereocenters. The van der Waals surface area contributed by atoms with E-state index < -0.39 is 0 Å². The lowest BCUT2D eigenvalue weighted by Crippen LogP contribution is -2.29. The van der Waals surface area contributed by atoms with E-state index in [1.54, 1.807) is 0 Å². The fraction of sp³-hybridized carbons (Fsp3) is 1.00. The second kappa shape index (κ2) is 8.12. The van der Waals surface area contributed by atoms with Crippen LogP contribution in [0.2, 0.25) is 0 Å². The van der Waals surface area contributed by atoms with E-state index >= 15 is 0 Å². The van der Waals surface area contributed by atoms with Crippen molar-refractivity contribution >= 4 is 0 Å². The zero-order valence-electron chi connectivity index (χ0n) is 10.1. The zero-order valence-corrected chi connectivity index (χ0v) is 10.1. The molecule has 1 rings (SSSR count). The van der Waals surface area contributed by atoms with E-state index in [1.165, 1.54) is 44.9 Å². The minimum absolute atomic E-state index is 0.113. The van der Waals surface area contributed by atoms with Crippen LogP contribution in [0.25, 0.3) is 0 Å². The van der Waals surface area contributed by atoms with Crippen LogP contribution in [0.5, 0.6) is 0 Å². The van der Waals surface area contributed by atoms with E-state index in [1.807, 2.05) is 0 Å². The number of aliphatic hydroxyl groups is 1. The van der Waals surface area contributed by atoms with Gasteiger partial charge >= 0.3 is 0 Å². The van der Waals surface area contributed by atoms with Gasteiger partial charge in [0.25, 0.3) is 0 Å². The van der Waals surface area contributed by atoms with Gasteiger partial charge in [-0.1, -0.05) is 39.0 Å². The van der Waals surface area contributed by atoms with Crippen LogP contribution in [0.3, 0.4) is 0 Å². The summed E-state index contributed by atoms with van der Waals surface area (Å²) in [5, 5.41) is 9.31. The van der Waals surface area contributed by atoms with E-state index in [4.69, 9.17) is 4.74 Å². The lowest BCUT2D eigenvalue weighted by atomic mass is 9.85. The molecule has 1 unspecified atom stereocenters. The number of hydrogen-bond acceptors (Lipinski definition) is 2. The summed E-state index contributed by atoms with van der Waals surface area (Å²) in [5.74, 6) is 0.616. The third kappa shape index (κ3) is 4.98. The van der Waals surface area contributed by atoms with Crippen molar-refractivity contribution in [3.8, 4) is 0 Å². The fourth-order valence-electron chi connectivity index (χ4n) is 2.43. The van der Waals surface area contributed by atoms with Gasteiger partial charge in [0.2, 0.25) is 0 Å². The first-order chi connectivity index (χ1) is 7.38. The zero-order chi connectivity index (χ0) is 10.9. The highest BCUT2D eigenvalue weighted by molar-refractivity contribution is 4.73. The molecule has 0 aliphatic heterocycles. The van der Waals surface area contributed by atoms with Gasteiger partial charge in [-0.15, -0.1) is 0 Å². The van der Waals surface area contributed by atoms with Gasteiger partial charge in [-0.05, 0) is 25.2 Å². The van der Waals surface area contributed by atoms with Crippen LogP contribution in [0.1, 0.15) is 58.3 Å². The lowest BCUT2D eigenvalue weighted by Gasteiger charge is -2.29. The minimum atomic E-state index is 0.113. The molecule has 2 nitrogen and oxygen atoms in total. The van der Waals surface area contributed by atoms with Gasteiger partial charge in [-0.2, -0.15) is 0 Å². The Kier molecular flexibility index (Phi) is 7.03.